The maximum absolute atomic E-state index is 3.89. The predicted octanol–water partition coefficient (Wildman–Crippen LogP) is 4.74. The first-order chi connectivity index (χ1) is 10.0. The monoisotopic (exact) mass is 358 g/mol. The predicted molar refractivity (Wildman–Crippen MR) is 106 cm³/mol. The van der Waals surface area contributed by atoms with Crippen LogP contribution in [0.5, 0.6) is 0 Å². The van der Waals surface area contributed by atoms with E-state index < -0.39 is 0 Å². The highest BCUT2D eigenvalue weighted by molar-refractivity contribution is 5.85. The van der Waals surface area contributed by atoms with Crippen LogP contribution in [0, 0.1) is 0 Å². The summed E-state index contributed by atoms with van der Waals surface area (Å²) < 4.78 is 0. The Morgan fingerprint density at radius 3 is 2.17 bits per heavy atom. The molecule has 1 N–H and O–H groups in total. The molecule has 0 radical (unpaired) electrons. The first-order valence-electron chi connectivity index (χ1n) is 8.18. The molecular formula is C19H32Cl2N2. The molecule has 1 fully saturated rings. The van der Waals surface area contributed by atoms with Crippen molar-refractivity contribution in [2.75, 3.05) is 26.2 Å². The number of allylic oxidation sites excluding steroid dienone is 1. The second kappa shape index (κ2) is 10.4. The van der Waals surface area contributed by atoms with Crippen molar-refractivity contribution in [2.45, 2.75) is 45.1 Å². The molecule has 0 unspecified atom stereocenters. The maximum Gasteiger partial charge on any atom is 0.0352 e. The number of halogens is 2. The molecule has 1 aromatic rings. The minimum absolute atomic E-state index is 0. The topological polar surface area (TPSA) is 15.3 Å². The van der Waals surface area contributed by atoms with E-state index in [1.54, 1.807) is 0 Å². The second-order valence-electron chi connectivity index (χ2n) is 7.04. The zero-order chi connectivity index (χ0) is 15.3. The molecule has 4 heteroatoms. The third-order valence-corrected chi connectivity index (χ3v) is 4.40. The Bertz CT molecular complexity index is 445. The van der Waals surface area contributed by atoms with Gasteiger partial charge in [-0.1, -0.05) is 51.1 Å². The number of benzene rings is 1. The van der Waals surface area contributed by atoms with Gasteiger partial charge in [0, 0.05) is 32.2 Å². The molecule has 1 aromatic carbocycles. The fourth-order valence-corrected chi connectivity index (χ4v) is 3.03. The molecule has 0 amide bonds. The van der Waals surface area contributed by atoms with Gasteiger partial charge >= 0.3 is 0 Å². The zero-order valence-electron chi connectivity index (χ0n) is 14.7. The highest BCUT2D eigenvalue weighted by Gasteiger charge is 2.22. The molecule has 132 valence electrons. The fourth-order valence-electron chi connectivity index (χ4n) is 3.03. The quantitative estimate of drug-likeness (QED) is 0.764. The van der Waals surface area contributed by atoms with Gasteiger partial charge in [0.2, 0.25) is 0 Å². The Labute approximate surface area is 154 Å². The number of rotatable bonds is 5. The first kappa shape index (κ1) is 22.5. The van der Waals surface area contributed by atoms with Crippen LogP contribution in [0.25, 0.3) is 0 Å². The van der Waals surface area contributed by atoms with Gasteiger partial charge < -0.3 is 5.32 Å². The molecule has 0 bridgehead atoms. The SMILES string of the molecule is C=CCC[C@H](c1ccc(C(C)(C)C)cc1)N1CCNCC1.Cl.Cl. The van der Waals surface area contributed by atoms with E-state index in [-0.39, 0.29) is 30.2 Å². The van der Waals surface area contributed by atoms with Gasteiger partial charge in [-0.2, -0.15) is 0 Å². The van der Waals surface area contributed by atoms with Gasteiger partial charge in [-0.05, 0) is 29.4 Å². The highest BCUT2D eigenvalue weighted by Crippen LogP contribution is 2.29. The van der Waals surface area contributed by atoms with E-state index in [4.69, 9.17) is 0 Å². The average Bonchev–Trinajstić information content (AvgIpc) is 2.48. The lowest BCUT2D eigenvalue weighted by molar-refractivity contribution is 0.166. The van der Waals surface area contributed by atoms with Crippen molar-refractivity contribution < 1.29 is 0 Å². The highest BCUT2D eigenvalue weighted by atomic mass is 35.5. The Balaban J connectivity index is 0.00000242. The van der Waals surface area contributed by atoms with Crippen molar-refractivity contribution in [2.24, 2.45) is 0 Å². The summed E-state index contributed by atoms with van der Waals surface area (Å²) in [6.45, 7) is 15.2. The van der Waals surface area contributed by atoms with Crippen molar-refractivity contribution in [3.05, 3.63) is 48.0 Å². The zero-order valence-corrected chi connectivity index (χ0v) is 16.3. The Morgan fingerprint density at radius 2 is 1.70 bits per heavy atom. The van der Waals surface area contributed by atoms with Crippen LogP contribution >= 0.6 is 24.8 Å². The van der Waals surface area contributed by atoms with Crippen LogP contribution in [-0.2, 0) is 5.41 Å². The van der Waals surface area contributed by atoms with Gasteiger partial charge in [-0.15, -0.1) is 31.4 Å². The van der Waals surface area contributed by atoms with Gasteiger partial charge in [-0.3, -0.25) is 4.90 Å². The molecule has 1 aliphatic heterocycles. The van der Waals surface area contributed by atoms with Gasteiger partial charge in [0.25, 0.3) is 0 Å². The molecule has 1 atom stereocenters. The van der Waals surface area contributed by atoms with Gasteiger partial charge in [0.1, 0.15) is 0 Å². The molecule has 0 aromatic heterocycles. The summed E-state index contributed by atoms with van der Waals surface area (Å²) in [5, 5.41) is 3.44. The third kappa shape index (κ3) is 6.46. The van der Waals surface area contributed by atoms with Crippen molar-refractivity contribution in [1.29, 1.82) is 0 Å². The van der Waals surface area contributed by atoms with Crippen molar-refractivity contribution >= 4 is 24.8 Å². The molecule has 1 aliphatic rings. The van der Waals surface area contributed by atoms with Gasteiger partial charge in [0.15, 0.2) is 0 Å². The Hall–Kier alpha value is -0.540. The molecule has 0 aliphatic carbocycles. The maximum atomic E-state index is 3.89. The van der Waals surface area contributed by atoms with E-state index in [0.29, 0.717) is 6.04 Å². The number of hydrogen-bond donors (Lipinski definition) is 1. The van der Waals surface area contributed by atoms with Crippen LogP contribution in [0.2, 0.25) is 0 Å². The summed E-state index contributed by atoms with van der Waals surface area (Å²) in [5.41, 5.74) is 3.09. The van der Waals surface area contributed by atoms with Crippen LogP contribution in [-0.4, -0.2) is 31.1 Å². The summed E-state index contributed by atoms with van der Waals surface area (Å²) in [6, 6.07) is 9.79. The van der Waals surface area contributed by atoms with Crippen LogP contribution in [0.4, 0.5) is 0 Å². The number of hydrogen-bond acceptors (Lipinski definition) is 2. The van der Waals surface area contributed by atoms with Crippen molar-refractivity contribution in [3.63, 3.8) is 0 Å². The van der Waals surface area contributed by atoms with Gasteiger partial charge in [-0.25, -0.2) is 0 Å². The smallest absolute Gasteiger partial charge is 0.0352 e. The average molecular weight is 359 g/mol. The lowest BCUT2D eigenvalue weighted by atomic mass is 9.86. The van der Waals surface area contributed by atoms with Crippen LogP contribution in [0.3, 0.4) is 0 Å². The molecular weight excluding hydrogens is 327 g/mol. The van der Waals surface area contributed by atoms with Gasteiger partial charge in [0.05, 0.1) is 0 Å². The molecule has 0 spiro atoms. The van der Waals surface area contributed by atoms with Crippen LogP contribution in [0.1, 0.15) is 50.8 Å². The Kier molecular flexibility index (Phi) is 10.1. The van der Waals surface area contributed by atoms with E-state index in [1.165, 1.54) is 17.5 Å². The summed E-state index contributed by atoms with van der Waals surface area (Å²) in [7, 11) is 0. The van der Waals surface area contributed by atoms with E-state index in [9.17, 15) is 0 Å². The van der Waals surface area contributed by atoms with E-state index in [2.05, 4.69) is 61.8 Å². The number of nitrogens with one attached hydrogen (secondary N) is 1. The van der Waals surface area contributed by atoms with E-state index in [0.717, 1.165) is 32.6 Å². The van der Waals surface area contributed by atoms with Crippen LogP contribution < -0.4 is 5.32 Å². The lowest BCUT2D eigenvalue weighted by Crippen LogP contribution is -2.45. The summed E-state index contributed by atoms with van der Waals surface area (Å²) in [4.78, 5) is 2.62. The van der Waals surface area contributed by atoms with Crippen LogP contribution in [0.15, 0.2) is 36.9 Å². The number of nitrogens with zero attached hydrogens (tertiary/aromatic N) is 1. The minimum Gasteiger partial charge on any atom is -0.314 e. The molecule has 0 saturated carbocycles. The first-order valence-corrected chi connectivity index (χ1v) is 8.18. The van der Waals surface area contributed by atoms with Crippen molar-refractivity contribution in [1.82, 2.24) is 10.2 Å². The minimum atomic E-state index is 0. The summed E-state index contributed by atoms with van der Waals surface area (Å²) >= 11 is 0. The summed E-state index contributed by atoms with van der Waals surface area (Å²) in [5.74, 6) is 0. The summed E-state index contributed by atoms with van der Waals surface area (Å²) in [6.07, 6.45) is 4.28. The largest absolute Gasteiger partial charge is 0.314 e. The second-order valence-corrected chi connectivity index (χ2v) is 7.04. The van der Waals surface area contributed by atoms with Crippen molar-refractivity contribution in [3.8, 4) is 0 Å². The Morgan fingerprint density at radius 1 is 1.13 bits per heavy atom. The standard InChI is InChI=1S/C19H30N2.2ClH/c1-5-6-7-18(21-14-12-20-13-15-21)16-8-10-17(11-9-16)19(2,3)4;;/h5,8-11,18,20H,1,6-7,12-15H2,2-4H3;2*1H/t18-;;/m1../s1. The molecule has 1 saturated heterocycles. The fraction of sp³-hybridized carbons (Fsp3) is 0.579. The molecule has 2 nitrogen and oxygen atoms in total. The normalized spacial score (nSPS) is 16.8. The third-order valence-electron chi connectivity index (χ3n) is 4.40. The van der Waals surface area contributed by atoms with E-state index >= 15 is 0 Å². The lowest BCUT2D eigenvalue weighted by Gasteiger charge is -2.35. The molecule has 1 heterocycles. The number of piperazine rings is 1. The molecule has 23 heavy (non-hydrogen) atoms. The molecule has 2 rings (SSSR count). The van der Waals surface area contributed by atoms with E-state index in [1.807, 2.05) is 6.08 Å².